The fourth-order valence-corrected chi connectivity index (χ4v) is 2.79. The average Bonchev–Trinajstić information content (AvgIpc) is 2.72. The maximum absolute atomic E-state index is 13.0. The number of rotatable bonds is 6. The van der Waals surface area contributed by atoms with Crippen molar-refractivity contribution in [2.24, 2.45) is 0 Å². The zero-order valence-electron chi connectivity index (χ0n) is 15.6. The van der Waals surface area contributed by atoms with Gasteiger partial charge < -0.3 is 9.64 Å². The highest BCUT2D eigenvalue weighted by molar-refractivity contribution is 6.03. The highest BCUT2D eigenvalue weighted by atomic mass is 16.5. The highest BCUT2D eigenvalue weighted by Gasteiger charge is 2.14. The van der Waals surface area contributed by atoms with Crippen molar-refractivity contribution in [1.82, 2.24) is 0 Å². The summed E-state index contributed by atoms with van der Waals surface area (Å²) in [6.07, 6.45) is 3.43. The van der Waals surface area contributed by atoms with Crippen LogP contribution in [-0.2, 0) is 11.3 Å². The summed E-state index contributed by atoms with van der Waals surface area (Å²) in [7, 11) is 1.63. The smallest absolute Gasteiger partial charge is 0.251 e. The minimum absolute atomic E-state index is 0.0643. The van der Waals surface area contributed by atoms with Crippen LogP contribution in [0.3, 0.4) is 0 Å². The summed E-state index contributed by atoms with van der Waals surface area (Å²) >= 11 is 0. The molecule has 0 fully saturated rings. The Balaban J connectivity index is 1.85. The van der Waals surface area contributed by atoms with Crippen molar-refractivity contribution in [2.45, 2.75) is 13.5 Å². The Morgan fingerprint density at radius 2 is 1.70 bits per heavy atom. The lowest BCUT2D eigenvalue weighted by Gasteiger charge is -2.22. The van der Waals surface area contributed by atoms with E-state index < -0.39 is 0 Å². The van der Waals surface area contributed by atoms with E-state index in [1.165, 1.54) is 0 Å². The summed E-state index contributed by atoms with van der Waals surface area (Å²) in [6, 6.07) is 25.6. The maximum atomic E-state index is 13.0. The summed E-state index contributed by atoms with van der Waals surface area (Å²) in [5.74, 6) is 0.704. The normalized spacial score (nSPS) is 10.7. The van der Waals surface area contributed by atoms with Crippen LogP contribution in [0.1, 0.15) is 16.7 Å². The molecule has 1 amide bonds. The van der Waals surface area contributed by atoms with Crippen molar-refractivity contribution in [2.75, 3.05) is 12.0 Å². The van der Waals surface area contributed by atoms with E-state index in [2.05, 4.69) is 0 Å². The fraction of sp³-hybridized carbons (Fsp3) is 0.125. The van der Waals surface area contributed by atoms with Crippen LogP contribution >= 0.6 is 0 Å². The Kier molecular flexibility index (Phi) is 6.06. The first-order valence-corrected chi connectivity index (χ1v) is 8.90. The van der Waals surface area contributed by atoms with Crippen LogP contribution in [0.4, 0.5) is 5.69 Å². The molecular weight excluding hydrogens is 334 g/mol. The molecule has 0 aliphatic rings. The molecule has 0 radical (unpaired) electrons. The minimum atomic E-state index is -0.0643. The second-order valence-corrected chi connectivity index (χ2v) is 6.36. The molecule has 0 bridgehead atoms. The predicted octanol–water partition coefficient (Wildman–Crippen LogP) is 5.25. The van der Waals surface area contributed by atoms with E-state index in [9.17, 15) is 4.79 Å². The molecule has 0 aliphatic heterocycles. The summed E-state index contributed by atoms with van der Waals surface area (Å²) < 4.78 is 5.24. The van der Waals surface area contributed by atoms with Gasteiger partial charge in [0.2, 0.25) is 0 Å². The molecule has 0 saturated carbocycles. The lowest BCUT2D eigenvalue weighted by Crippen LogP contribution is -2.28. The molecule has 0 saturated heterocycles. The molecule has 0 N–H and O–H groups in total. The SMILES string of the molecule is COc1cccc(/C=C/C(=O)N(Cc2ccccc2)c2ccc(C)cc2)c1. The Hall–Kier alpha value is -3.33. The number of carbonyl (C=O) groups excluding carboxylic acids is 1. The third-order valence-corrected chi connectivity index (χ3v) is 4.31. The number of benzene rings is 3. The van der Waals surface area contributed by atoms with Gasteiger partial charge in [0.05, 0.1) is 13.7 Å². The molecule has 0 unspecified atom stereocenters. The van der Waals surface area contributed by atoms with E-state index in [1.54, 1.807) is 18.1 Å². The summed E-state index contributed by atoms with van der Waals surface area (Å²) in [4.78, 5) is 14.8. The second-order valence-electron chi connectivity index (χ2n) is 6.36. The van der Waals surface area contributed by atoms with Crippen LogP contribution in [0.15, 0.2) is 84.9 Å². The molecule has 0 atom stereocenters. The molecule has 3 heteroatoms. The highest BCUT2D eigenvalue weighted by Crippen LogP contribution is 2.20. The van der Waals surface area contributed by atoms with Gasteiger partial charge in [0.25, 0.3) is 5.91 Å². The van der Waals surface area contributed by atoms with E-state index >= 15 is 0 Å². The molecule has 3 aromatic rings. The Labute approximate surface area is 160 Å². The zero-order valence-corrected chi connectivity index (χ0v) is 15.6. The third-order valence-electron chi connectivity index (χ3n) is 4.31. The van der Waals surface area contributed by atoms with Gasteiger partial charge in [0.15, 0.2) is 0 Å². The van der Waals surface area contributed by atoms with Gasteiger partial charge in [-0.05, 0) is 48.4 Å². The monoisotopic (exact) mass is 357 g/mol. The van der Waals surface area contributed by atoms with Crippen LogP contribution in [0, 0.1) is 6.92 Å². The van der Waals surface area contributed by atoms with Crippen molar-refractivity contribution in [3.05, 3.63) is 102 Å². The van der Waals surface area contributed by atoms with Crippen molar-refractivity contribution in [3.8, 4) is 5.75 Å². The number of anilines is 1. The van der Waals surface area contributed by atoms with Gasteiger partial charge in [-0.15, -0.1) is 0 Å². The van der Waals surface area contributed by atoms with Gasteiger partial charge in [-0.2, -0.15) is 0 Å². The minimum Gasteiger partial charge on any atom is -0.497 e. The molecule has 0 aromatic heterocycles. The largest absolute Gasteiger partial charge is 0.497 e. The van der Waals surface area contributed by atoms with E-state index in [-0.39, 0.29) is 5.91 Å². The third kappa shape index (κ3) is 5.08. The molecule has 3 rings (SSSR count). The standard InChI is InChI=1S/C24H23NO2/c1-19-11-14-22(15-12-19)25(18-21-7-4-3-5-8-21)24(26)16-13-20-9-6-10-23(17-20)27-2/h3-17H,18H2,1-2H3/b16-13+. The van der Waals surface area contributed by atoms with Crippen LogP contribution in [0.25, 0.3) is 6.08 Å². The van der Waals surface area contributed by atoms with Crippen LogP contribution in [-0.4, -0.2) is 13.0 Å². The first-order chi connectivity index (χ1) is 13.2. The van der Waals surface area contributed by atoms with Gasteiger partial charge in [-0.25, -0.2) is 0 Å². The lowest BCUT2D eigenvalue weighted by atomic mass is 10.1. The Morgan fingerprint density at radius 1 is 0.963 bits per heavy atom. The van der Waals surface area contributed by atoms with Crippen molar-refractivity contribution in [3.63, 3.8) is 0 Å². The van der Waals surface area contributed by atoms with Gasteiger partial charge in [0, 0.05) is 11.8 Å². The number of hydrogen-bond donors (Lipinski definition) is 0. The van der Waals surface area contributed by atoms with Crippen molar-refractivity contribution < 1.29 is 9.53 Å². The van der Waals surface area contributed by atoms with Gasteiger partial charge in [-0.3, -0.25) is 4.79 Å². The first kappa shape index (κ1) is 18.5. The van der Waals surface area contributed by atoms with E-state index in [0.29, 0.717) is 6.54 Å². The van der Waals surface area contributed by atoms with Crippen molar-refractivity contribution >= 4 is 17.7 Å². The molecule has 27 heavy (non-hydrogen) atoms. The van der Waals surface area contributed by atoms with E-state index in [0.717, 1.165) is 28.1 Å². The number of methoxy groups -OCH3 is 1. The summed E-state index contributed by atoms with van der Waals surface area (Å²) in [5.41, 5.74) is 4.05. The van der Waals surface area contributed by atoms with Crippen molar-refractivity contribution in [1.29, 1.82) is 0 Å². The molecule has 0 aliphatic carbocycles. The lowest BCUT2D eigenvalue weighted by molar-refractivity contribution is -0.114. The fourth-order valence-electron chi connectivity index (χ4n) is 2.79. The molecular formula is C24H23NO2. The van der Waals surface area contributed by atoms with E-state index in [4.69, 9.17) is 4.74 Å². The number of aryl methyl sites for hydroxylation is 1. The number of hydrogen-bond acceptors (Lipinski definition) is 2. The topological polar surface area (TPSA) is 29.5 Å². The molecule has 3 nitrogen and oxygen atoms in total. The quantitative estimate of drug-likeness (QED) is 0.564. The average molecular weight is 357 g/mol. The first-order valence-electron chi connectivity index (χ1n) is 8.90. The van der Waals surface area contributed by atoms with Gasteiger partial charge >= 0.3 is 0 Å². The summed E-state index contributed by atoms with van der Waals surface area (Å²) in [5, 5.41) is 0. The molecule has 3 aromatic carbocycles. The molecule has 136 valence electrons. The Morgan fingerprint density at radius 3 is 2.41 bits per heavy atom. The second kappa shape index (κ2) is 8.86. The van der Waals surface area contributed by atoms with Crippen LogP contribution in [0.2, 0.25) is 0 Å². The number of amides is 1. The number of carbonyl (C=O) groups is 1. The van der Waals surface area contributed by atoms with Gasteiger partial charge in [0.1, 0.15) is 5.75 Å². The number of ether oxygens (including phenoxy) is 1. The Bertz CT molecular complexity index is 915. The maximum Gasteiger partial charge on any atom is 0.251 e. The van der Waals surface area contributed by atoms with Crippen LogP contribution < -0.4 is 9.64 Å². The zero-order chi connectivity index (χ0) is 19.1. The molecule has 0 spiro atoms. The van der Waals surface area contributed by atoms with Gasteiger partial charge in [-0.1, -0.05) is 60.2 Å². The predicted molar refractivity (Wildman–Crippen MR) is 111 cm³/mol. The number of nitrogens with zero attached hydrogens (tertiary/aromatic N) is 1. The van der Waals surface area contributed by atoms with E-state index in [1.807, 2.05) is 91.9 Å². The van der Waals surface area contributed by atoms with Crippen LogP contribution in [0.5, 0.6) is 5.75 Å². The molecule has 0 heterocycles. The summed E-state index contributed by atoms with van der Waals surface area (Å²) in [6.45, 7) is 2.56.